The number of rotatable bonds is 8. The van der Waals surface area contributed by atoms with Crippen LogP contribution in [0, 0.1) is 0 Å². The Balaban J connectivity index is 1.70. The van der Waals surface area contributed by atoms with E-state index in [2.05, 4.69) is 23.7 Å². The van der Waals surface area contributed by atoms with E-state index in [1.807, 2.05) is 18.3 Å². The summed E-state index contributed by atoms with van der Waals surface area (Å²) in [7, 11) is 1.63. The number of nitrogens with zero attached hydrogens (tertiary/aromatic N) is 4. The lowest BCUT2D eigenvalue weighted by Crippen LogP contribution is -2.58. The van der Waals surface area contributed by atoms with Gasteiger partial charge in [-0.15, -0.1) is 0 Å². The molecule has 0 N–H and O–H groups in total. The van der Waals surface area contributed by atoms with Crippen LogP contribution < -0.4 is 0 Å². The zero-order valence-corrected chi connectivity index (χ0v) is 17.3. The third-order valence-electron chi connectivity index (χ3n) is 6.07. The molecule has 1 aromatic heterocycles. The average Bonchev–Trinajstić information content (AvgIpc) is 2.89. The zero-order valence-electron chi connectivity index (χ0n) is 17.3. The molecule has 154 valence electrons. The molecule has 0 bridgehead atoms. The van der Waals surface area contributed by atoms with E-state index in [4.69, 9.17) is 4.74 Å². The van der Waals surface area contributed by atoms with Crippen molar-refractivity contribution < 1.29 is 14.3 Å². The van der Waals surface area contributed by atoms with Crippen LogP contribution in [0.15, 0.2) is 24.5 Å². The third kappa shape index (κ3) is 4.05. The molecule has 0 aromatic carbocycles. The normalized spacial score (nSPS) is 20.0. The lowest BCUT2D eigenvalue weighted by Gasteiger charge is -2.43. The number of imide groups is 1. The van der Waals surface area contributed by atoms with Gasteiger partial charge in [0, 0.05) is 51.7 Å². The van der Waals surface area contributed by atoms with Gasteiger partial charge >= 0.3 is 6.03 Å². The van der Waals surface area contributed by atoms with Crippen molar-refractivity contribution in [1.82, 2.24) is 19.7 Å². The minimum atomic E-state index is -0.699. The molecule has 0 radical (unpaired) electrons. The molecule has 0 unspecified atom stereocenters. The summed E-state index contributed by atoms with van der Waals surface area (Å²) in [5.74, 6) is -0.0248. The number of hydrogen-bond donors (Lipinski definition) is 0. The molecule has 0 atom stereocenters. The molecule has 7 heteroatoms. The van der Waals surface area contributed by atoms with Gasteiger partial charge in [-0.2, -0.15) is 0 Å². The monoisotopic (exact) mass is 388 g/mol. The van der Waals surface area contributed by atoms with Crippen LogP contribution in [0.25, 0.3) is 0 Å². The quantitative estimate of drug-likeness (QED) is 0.639. The first-order chi connectivity index (χ1) is 13.5. The summed E-state index contributed by atoms with van der Waals surface area (Å²) in [6.07, 6.45) is 6.52. The molecular weight excluding hydrogens is 356 g/mol. The lowest BCUT2D eigenvalue weighted by molar-refractivity contribution is -0.136. The second kappa shape index (κ2) is 9.01. The van der Waals surface area contributed by atoms with Crippen LogP contribution in [-0.2, 0) is 16.0 Å². The molecule has 28 heavy (non-hydrogen) atoms. The number of pyridine rings is 1. The Morgan fingerprint density at radius 1 is 1.21 bits per heavy atom. The molecule has 1 aromatic rings. The van der Waals surface area contributed by atoms with Gasteiger partial charge in [0.2, 0.25) is 0 Å². The molecule has 2 aliphatic rings. The highest BCUT2D eigenvalue weighted by Gasteiger charge is 2.57. The standard InChI is InChI=1S/C21H32N4O3/c1-17(2)23-12-8-21(9-13-23)19(26)24(20(27)25(21)14-15-28-3)11-5-7-18-6-4-10-22-16-18/h4,6,10,16-17H,5,7-9,11-15H2,1-3H3. The topological polar surface area (TPSA) is 66.0 Å². The molecule has 2 fully saturated rings. The van der Waals surface area contributed by atoms with Crippen LogP contribution in [0.5, 0.6) is 0 Å². The van der Waals surface area contributed by atoms with Gasteiger partial charge in [0.05, 0.1) is 6.61 Å². The SMILES string of the molecule is COCCN1C(=O)N(CCCc2cccnc2)C(=O)C12CCN(C(C)C)CC2. The van der Waals surface area contributed by atoms with Crippen molar-refractivity contribution in [3.05, 3.63) is 30.1 Å². The zero-order chi connectivity index (χ0) is 20.1. The number of aromatic nitrogens is 1. The van der Waals surface area contributed by atoms with Crippen molar-refractivity contribution >= 4 is 11.9 Å². The van der Waals surface area contributed by atoms with E-state index in [1.54, 1.807) is 18.2 Å². The number of amides is 3. The van der Waals surface area contributed by atoms with E-state index in [0.717, 1.165) is 31.5 Å². The number of carbonyl (C=O) groups is 2. The maximum atomic E-state index is 13.4. The van der Waals surface area contributed by atoms with Crippen molar-refractivity contribution in [2.75, 3.05) is 39.9 Å². The fraction of sp³-hybridized carbons (Fsp3) is 0.667. The first-order valence-electron chi connectivity index (χ1n) is 10.2. The highest BCUT2D eigenvalue weighted by molar-refractivity contribution is 6.07. The second-order valence-corrected chi connectivity index (χ2v) is 8.01. The Morgan fingerprint density at radius 3 is 2.57 bits per heavy atom. The number of likely N-dealkylation sites (tertiary alicyclic amines) is 1. The van der Waals surface area contributed by atoms with E-state index >= 15 is 0 Å². The minimum absolute atomic E-state index is 0.0248. The van der Waals surface area contributed by atoms with Crippen LogP contribution in [0.4, 0.5) is 4.79 Å². The molecule has 3 heterocycles. The maximum Gasteiger partial charge on any atom is 0.327 e. The molecule has 3 amide bonds. The Morgan fingerprint density at radius 2 is 1.96 bits per heavy atom. The van der Waals surface area contributed by atoms with Crippen LogP contribution in [0.3, 0.4) is 0 Å². The molecule has 1 spiro atoms. The number of ether oxygens (including phenoxy) is 1. The third-order valence-corrected chi connectivity index (χ3v) is 6.07. The number of carbonyl (C=O) groups excluding carboxylic acids is 2. The van der Waals surface area contributed by atoms with Crippen molar-refractivity contribution in [1.29, 1.82) is 0 Å². The average molecular weight is 389 g/mol. The summed E-state index contributed by atoms with van der Waals surface area (Å²) >= 11 is 0. The number of hydrogen-bond acceptors (Lipinski definition) is 5. The molecule has 7 nitrogen and oxygen atoms in total. The van der Waals surface area contributed by atoms with Gasteiger partial charge in [-0.25, -0.2) is 4.79 Å². The van der Waals surface area contributed by atoms with E-state index in [9.17, 15) is 9.59 Å². The van der Waals surface area contributed by atoms with Gasteiger partial charge in [0.15, 0.2) is 0 Å². The summed E-state index contributed by atoms with van der Waals surface area (Å²) in [6.45, 7) is 7.37. The van der Waals surface area contributed by atoms with Crippen LogP contribution in [0.1, 0.15) is 38.7 Å². The van der Waals surface area contributed by atoms with Crippen LogP contribution >= 0.6 is 0 Å². The minimum Gasteiger partial charge on any atom is -0.383 e. The summed E-state index contributed by atoms with van der Waals surface area (Å²) in [5, 5.41) is 0. The Hall–Kier alpha value is -1.99. The van der Waals surface area contributed by atoms with E-state index in [0.29, 0.717) is 38.6 Å². The molecule has 3 rings (SSSR count). The highest BCUT2D eigenvalue weighted by Crippen LogP contribution is 2.37. The van der Waals surface area contributed by atoms with Gasteiger partial charge in [0.25, 0.3) is 5.91 Å². The summed E-state index contributed by atoms with van der Waals surface area (Å²) in [4.78, 5) is 36.2. The van der Waals surface area contributed by atoms with Gasteiger partial charge in [-0.3, -0.25) is 14.7 Å². The van der Waals surface area contributed by atoms with E-state index in [-0.39, 0.29) is 11.9 Å². The van der Waals surface area contributed by atoms with Crippen molar-refractivity contribution in [3.63, 3.8) is 0 Å². The predicted octanol–water partition coefficient (Wildman–Crippen LogP) is 2.17. The number of methoxy groups -OCH3 is 1. The maximum absolute atomic E-state index is 13.4. The molecule has 2 aliphatic heterocycles. The first kappa shape index (κ1) is 20.7. The molecule has 0 saturated carbocycles. The van der Waals surface area contributed by atoms with Gasteiger partial charge < -0.3 is 14.5 Å². The Kier molecular flexibility index (Phi) is 6.67. The molecule has 0 aliphatic carbocycles. The predicted molar refractivity (Wildman–Crippen MR) is 107 cm³/mol. The fourth-order valence-corrected chi connectivity index (χ4v) is 4.35. The summed E-state index contributed by atoms with van der Waals surface area (Å²) in [6, 6.07) is 4.22. The van der Waals surface area contributed by atoms with E-state index < -0.39 is 5.54 Å². The largest absolute Gasteiger partial charge is 0.383 e. The lowest BCUT2D eigenvalue weighted by atomic mass is 9.85. The number of aryl methyl sites for hydroxylation is 1. The Bertz CT molecular complexity index is 671. The smallest absolute Gasteiger partial charge is 0.327 e. The summed E-state index contributed by atoms with van der Waals surface area (Å²) in [5.41, 5.74) is 0.424. The highest BCUT2D eigenvalue weighted by atomic mass is 16.5. The fourth-order valence-electron chi connectivity index (χ4n) is 4.35. The molecule has 2 saturated heterocycles. The number of urea groups is 1. The molecular formula is C21H32N4O3. The number of piperidine rings is 1. The van der Waals surface area contributed by atoms with Gasteiger partial charge in [-0.05, 0) is 51.2 Å². The van der Waals surface area contributed by atoms with Crippen LogP contribution in [-0.4, -0.2) is 83.1 Å². The van der Waals surface area contributed by atoms with Crippen molar-refractivity contribution in [2.45, 2.75) is 51.1 Å². The van der Waals surface area contributed by atoms with Gasteiger partial charge in [-0.1, -0.05) is 6.07 Å². The van der Waals surface area contributed by atoms with Crippen LogP contribution in [0.2, 0.25) is 0 Å². The second-order valence-electron chi connectivity index (χ2n) is 8.01. The van der Waals surface area contributed by atoms with Crippen molar-refractivity contribution in [3.8, 4) is 0 Å². The first-order valence-corrected chi connectivity index (χ1v) is 10.2. The van der Waals surface area contributed by atoms with Gasteiger partial charge in [0.1, 0.15) is 5.54 Å². The summed E-state index contributed by atoms with van der Waals surface area (Å²) < 4.78 is 5.21. The van der Waals surface area contributed by atoms with E-state index in [1.165, 1.54) is 4.90 Å². The van der Waals surface area contributed by atoms with Crippen molar-refractivity contribution in [2.24, 2.45) is 0 Å². The Labute approximate surface area is 167 Å².